The van der Waals surface area contributed by atoms with Gasteiger partial charge in [0.1, 0.15) is 0 Å². The Morgan fingerprint density at radius 2 is 2.06 bits per heavy atom. The predicted octanol–water partition coefficient (Wildman–Crippen LogP) is 3.26. The number of nitro benzene ring substituents is 1. The van der Waals surface area contributed by atoms with Crippen LogP contribution in [0.2, 0.25) is 0 Å². The monoisotopic (exact) mass is 248 g/mol. The maximum atomic E-state index is 10.7. The normalized spacial score (nSPS) is 23.8. The molecule has 0 aliphatic heterocycles. The minimum atomic E-state index is -0.341. The van der Waals surface area contributed by atoms with E-state index in [9.17, 15) is 10.1 Å². The third kappa shape index (κ3) is 3.53. The van der Waals surface area contributed by atoms with E-state index in [0.717, 1.165) is 18.0 Å². The zero-order valence-corrected chi connectivity index (χ0v) is 10.8. The third-order valence-electron chi connectivity index (χ3n) is 3.73. The molecule has 0 amide bonds. The van der Waals surface area contributed by atoms with Crippen LogP contribution in [0.25, 0.3) is 0 Å². The van der Waals surface area contributed by atoms with E-state index in [2.05, 4.69) is 12.2 Å². The minimum Gasteiger partial charge on any atom is -0.310 e. The fourth-order valence-electron chi connectivity index (χ4n) is 2.51. The van der Waals surface area contributed by atoms with Crippen LogP contribution in [0.4, 0.5) is 5.69 Å². The van der Waals surface area contributed by atoms with Gasteiger partial charge in [-0.05, 0) is 37.2 Å². The summed E-state index contributed by atoms with van der Waals surface area (Å²) in [6.45, 7) is 3.03. The molecule has 0 bridgehead atoms. The van der Waals surface area contributed by atoms with Gasteiger partial charge in [-0.1, -0.05) is 19.1 Å². The van der Waals surface area contributed by atoms with E-state index in [1.54, 1.807) is 12.1 Å². The van der Waals surface area contributed by atoms with Gasteiger partial charge in [0.15, 0.2) is 0 Å². The molecule has 1 aliphatic rings. The van der Waals surface area contributed by atoms with Crippen LogP contribution in [0.3, 0.4) is 0 Å². The molecule has 0 radical (unpaired) electrons. The lowest BCUT2D eigenvalue weighted by Crippen LogP contribution is -2.32. The lowest BCUT2D eigenvalue weighted by molar-refractivity contribution is -0.384. The smallest absolute Gasteiger partial charge is 0.269 e. The highest BCUT2D eigenvalue weighted by atomic mass is 16.6. The summed E-state index contributed by atoms with van der Waals surface area (Å²) in [6.07, 6.45) is 5.01. The molecule has 1 aromatic rings. The fraction of sp³-hybridized carbons (Fsp3) is 0.571. The van der Waals surface area contributed by atoms with Crippen molar-refractivity contribution in [2.75, 3.05) is 0 Å². The molecule has 0 aromatic heterocycles. The number of nitrogens with zero attached hydrogens (tertiary/aromatic N) is 1. The van der Waals surface area contributed by atoms with Crippen molar-refractivity contribution >= 4 is 5.69 Å². The standard InChI is InChI=1S/C14H20N2O2/c1-11-5-7-13(8-6-11)15-10-12-3-2-4-14(9-12)16(17)18/h2-4,9,11,13,15H,5-8,10H2,1H3. The Labute approximate surface area is 108 Å². The van der Waals surface area contributed by atoms with Crippen molar-refractivity contribution in [3.63, 3.8) is 0 Å². The fourth-order valence-corrected chi connectivity index (χ4v) is 2.51. The van der Waals surface area contributed by atoms with Crippen LogP contribution in [0.15, 0.2) is 24.3 Å². The summed E-state index contributed by atoms with van der Waals surface area (Å²) in [6, 6.07) is 7.44. The zero-order valence-electron chi connectivity index (χ0n) is 10.8. The van der Waals surface area contributed by atoms with Gasteiger partial charge in [0, 0.05) is 24.7 Å². The largest absolute Gasteiger partial charge is 0.310 e. The second-order valence-corrected chi connectivity index (χ2v) is 5.26. The van der Waals surface area contributed by atoms with E-state index in [-0.39, 0.29) is 10.6 Å². The van der Waals surface area contributed by atoms with Crippen molar-refractivity contribution in [2.45, 2.75) is 45.2 Å². The van der Waals surface area contributed by atoms with Crippen LogP contribution in [-0.4, -0.2) is 11.0 Å². The summed E-state index contributed by atoms with van der Waals surface area (Å²) in [5.74, 6) is 0.848. The van der Waals surface area contributed by atoms with Gasteiger partial charge in [0.25, 0.3) is 5.69 Å². The Kier molecular flexibility index (Phi) is 4.31. The third-order valence-corrected chi connectivity index (χ3v) is 3.73. The van der Waals surface area contributed by atoms with Crippen LogP contribution in [0, 0.1) is 16.0 Å². The van der Waals surface area contributed by atoms with Crippen LogP contribution in [-0.2, 0) is 6.54 Å². The molecule has 1 saturated carbocycles. The van der Waals surface area contributed by atoms with Crippen molar-refractivity contribution in [1.82, 2.24) is 5.32 Å². The molecule has 1 fully saturated rings. The highest BCUT2D eigenvalue weighted by molar-refractivity contribution is 5.34. The Morgan fingerprint density at radius 3 is 2.72 bits per heavy atom. The molecule has 0 saturated heterocycles. The SMILES string of the molecule is CC1CCC(NCc2cccc([N+](=O)[O-])c2)CC1. The molecule has 4 nitrogen and oxygen atoms in total. The van der Waals surface area contributed by atoms with Gasteiger partial charge in [0.2, 0.25) is 0 Å². The van der Waals surface area contributed by atoms with E-state index < -0.39 is 0 Å². The number of rotatable bonds is 4. The number of nitro groups is 1. The van der Waals surface area contributed by atoms with Gasteiger partial charge in [-0.25, -0.2) is 0 Å². The molecular formula is C14H20N2O2. The maximum Gasteiger partial charge on any atom is 0.269 e. The van der Waals surface area contributed by atoms with Crippen LogP contribution in [0.5, 0.6) is 0 Å². The molecule has 0 unspecified atom stereocenters. The molecular weight excluding hydrogens is 228 g/mol. The van der Waals surface area contributed by atoms with E-state index >= 15 is 0 Å². The van der Waals surface area contributed by atoms with Crippen molar-refractivity contribution in [1.29, 1.82) is 0 Å². The predicted molar refractivity (Wildman–Crippen MR) is 71.4 cm³/mol. The number of hydrogen-bond acceptors (Lipinski definition) is 3. The Bertz CT molecular complexity index is 412. The first-order valence-corrected chi connectivity index (χ1v) is 6.62. The summed E-state index contributed by atoms with van der Waals surface area (Å²) >= 11 is 0. The molecule has 1 aromatic carbocycles. The molecule has 2 rings (SSSR count). The molecule has 1 N–H and O–H groups in total. The van der Waals surface area contributed by atoms with Crippen LogP contribution in [0.1, 0.15) is 38.2 Å². The van der Waals surface area contributed by atoms with E-state index in [1.807, 2.05) is 6.07 Å². The van der Waals surface area contributed by atoms with Crippen LogP contribution >= 0.6 is 0 Å². The zero-order chi connectivity index (χ0) is 13.0. The molecule has 98 valence electrons. The number of nitrogens with one attached hydrogen (secondary N) is 1. The van der Waals surface area contributed by atoms with Crippen molar-refractivity contribution in [3.8, 4) is 0 Å². The van der Waals surface area contributed by atoms with Crippen molar-refractivity contribution in [3.05, 3.63) is 39.9 Å². The molecule has 0 spiro atoms. The highest BCUT2D eigenvalue weighted by Gasteiger charge is 2.17. The first-order chi connectivity index (χ1) is 8.65. The molecule has 1 aliphatic carbocycles. The average Bonchev–Trinajstić information content (AvgIpc) is 2.38. The molecule has 18 heavy (non-hydrogen) atoms. The van der Waals surface area contributed by atoms with E-state index in [4.69, 9.17) is 0 Å². The molecule has 0 atom stereocenters. The topological polar surface area (TPSA) is 55.2 Å². The van der Waals surface area contributed by atoms with Gasteiger partial charge < -0.3 is 5.32 Å². The lowest BCUT2D eigenvalue weighted by atomic mass is 9.87. The second-order valence-electron chi connectivity index (χ2n) is 5.26. The first kappa shape index (κ1) is 13.0. The van der Waals surface area contributed by atoms with Gasteiger partial charge in [-0.15, -0.1) is 0 Å². The number of non-ortho nitro benzene ring substituents is 1. The highest BCUT2D eigenvalue weighted by Crippen LogP contribution is 2.23. The Morgan fingerprint density at radius 1 is 1.33 bits per heavy atom. The summed E-state index contributed by atoms with van der Waals surface area (Å²) in [5, 5.41) is 14.2. The summed E-state index contributed by atoms with van der Waals surface area (Å²) in [5.41, 5.74) is 1.16. The average molecular weight is 248 g/mol. The Hall–Kier alpha value is -1.42. The second kappa shape index (κ2) is 5.96. The van der Waals surface area contributed by atoms with Crippen LogP contribution < -0.4 is 5.32 Å². The van der Waals surface area contributed by atoms with Crippen molar-refractivity contribution in [2.24, 2.45) is 5.92 Å². The Balaban J connectivity index is 1.86. The number of benzene rings is 1. The van der Waals surface area contributed by atoms with E-state index in [1.165, 1.54) is 31.7 Å². The summed E-state index contributed by atoms with van der Waals surface area (Å²) in [4.78, 5) is 10.3. The summed E-state index contributed by atoms with van der Waals surface area (Å²) in [7, 11) is 0. The van der Waals surface area contributed by atoms with Crippen molar-refractivity contribution < 1.29 is 4.92 Å². The van der Waals surface area contributed by atoms with Gasteiger partial charge >= 0.3 is 0 Å². The minimum absolute atomic E-state index is 0.173. The van der Waals surface area contributed by atoms with Gasteiger partial charge in [0.05, 0.1) is 4.92 Å². The maximum absolute atomic E-state index is 10.7. The lowest BCUT2D eigenvalue weighted by Gasteiger charge is -2.27. The van der Waals surface area contributed by atoms with Gasteiger partial charge in [-0.3, -0.25) is 10.1 Å². The first-order valence-electron chi connectivity index (χ1n) is 6.62. The summed E-state index contributed by atoms with van der Waals surface area (Å²) < 4.78 is 0. The van der Waals surface area contributed by atoms with E-state index in [0.29, 0.717) is 6.04 Å². The molecule has 4 heteroatoms. The molecule has 0 heterocycles. The number of hydrogen-bond donors (Lipinski definition) is 1. The quantitative estimate of drug-likeness (QED) is 0.657. The van der Waals surface area contributed by atoms with Gasteiger partial charge in [-0.2, -0.15) is 0 Å².